The molecular formula is C12H10O6. The van der Waals surface area contributed by atoms with E-state index in [-0.39, 0.29) is 28.9 Å². The van der Waals surface area contributed by atoms with Crippen molar-refractivity contribution in [1.82, 2.24) is 0 Å². The maximum absolute atomic E-state index is 11.7. The van der Waals surface area contributed by atoms with E-state index < -0.39 is 17.3 Å². The van der Waals surface area contributed by atoms with Gasteiger partial charge in [0.25, 0.3) is 0 Å². The van der Waals surface area contributed by atoms with E-state index in [0.29, 0.717) is 0 Å². The van der Waals surface area contributed by atoms with Crippen LogP contribution in [0.25, 0.3) is 10.8 Å². The Morgan fingerprint density at radius 2 is 2.17 bits per heavy atom. The molecule has 0 aliphatic heterocycles. The number of aromatic carboxylic acids is 1. The number of benzene rings is 1. The maximum atomic E-state index is 11.7. The molecule has 0 saturated heterocycles. The van der Waals surface area contributed by atoms with Crippen LogP contribution in [0, 0.1) is 0 Å². The van der Waals surface area contributed by atoms with E-state index in [0.717, 1.165) is 0 Å². The zero-order valence-electron chi connectivity index (χ0n) is 9.47. The van der Waals surface area contributed by atoms with Gasteiger partial charge in [-0.15, -0.1) is 0 Å². The monoisotopic (exact) mass is 250 g/mol. The second-order valence-electron chi connectivity index (χ2n) is 3.49. The largest absolute Gasteiger partial charge is 0.501 e. The molecule has 0 bridgehead atoms. The van der Waals surface area contributed by atoms with Crippen molar-refractivity contribution in [1.29, 1.82) is 0 Å². The van der Waals surface area contributed by atoms with Gasteiger partial charge in [-0.25, -0.2) is 9.59 Å². The normalized spacial score (nSPS) is 10.5. The summed E-state index contributed by atoms with van der Waals surface area (Å²) in [5.41, 5.74) is -0.937. The van der Waals surface area contributed by atoms with Gasteiger partial charge in [0.15, 0.2) is 0 Å². The van der Waals surface area contributed by atoms with Crippen molar-refractivity contribution in [2.24, 2.45) is 0 Å². The molecule has 1 heterocycles. The van der Waals surface area contributed by atoms with Crippen LogP contribution in [0.3, 0.4) is 0 Å². The molecule has 0 aliphatic rings. The van der Waals surface area contributed by atoms with Gasteiger partial charge in [0.1, 0.15) is 0 Å². The Balaban J connectivity index is 2.91. The van der Waals surface area contributed by atoms with Gasteiger partial charge in [-0.05, 0) is 19.1 Å². The number of carboxylic acids is 1. The van der Waals surface area contributed by atoms with Gasteiger partial charge in [0, 0.05) is 0 Å². The van der Waals surface area contributed by atoms with Crippen LogP contribution < -0.4 is 10.4 Å². The van der Waals surface area contributed by atoms with Gasteiger partial charge in [-0.3, -0.25) is 0 Å². The van der Waals surface area contributed by atoms with E-state index in [4.69, 9.17) is 14.3 Å². The van der Waals surface area contributed by atoms with Gasteiger partial charge in [-0.1, -0.05) is 6.07 Å². The molecular weight excluding hydrogens is 240 g/mol. The van der Waals surface area contributed by atoms with Crippen LogP contribution in [0.5, 0.6) is 11.7 Å². The van der Waals surface area contributed by atoms with Crippen molar-refractivity contribution in [3.05, 3.63) is 34.2 Å². The Labute approximate surface area is 101 Å². The van der Waals surface area contributed by atoms with Crippen LogP contribution in [0.15, 0.2) is 27.4 Å². The number of rotatable bonds is 3. The summed E-state index contributed by atoms with van der Waals surface area (Å²) in [7, 11) is 0. The fourth-order valence-electron chi connectivity index (χ4n) is 1.67. The predicted octanol–water partition coefficient (Wildman–Crippen LogP) is 1.60. The lowest BCUT2D eigenvalue weighted by Crippen LogP contribution is -2.06. The number of fused-ring (bicyclic) bond motifs is 1. The van der Waals surface area contributed by atoms with Crippen molar-refractivity contribution in [2.75, 3.05) is 6.61 Å². The molecule has 0 aliphatic carbocycles. The molecule has 0 atom stereocenters. The molecule has 6 heteroatoms. The number of carboxylic acid groups (broad SMARTS) is 1. The quantitative estimate of drug-likeness (QED) is 0.858. The number of hydrogen-bond acceptors (Lipinski definition) is 5. The minimum absolute atomic E-state index is 0.00384. The van der Waals surface area contributed by atoms with Crippen molar-refractivity contribution in [3.8, 4) is 11.7 Å². The molecule has 0 unspecified atom stereocenters. The van der Waals surface area contributed by atoms with Crippen LogP contribution in [-0.4, -0.2) is 22.8 Å². The van der Waals surface area contributed by atoms with Crippen LogP contribution in [0.4, 0.5) is 0 Å². The molecule has 2 rings (SSSR count). The smallest absolute Gasteiger partial charge is 0.346 e. The lowest BCUT2D eigenvalue weighted by molar-refractivity contribution is 0.0698. The van der Waals surface area contributed by atoms with Crippen LogP contribution >= 0.6 is 0 Å². The average molecular weight is 250 g/mol. The number of aromatic hydroxyl groups is 1. The third-order valence-electron chi connectivity index (χ3n) is 2.41. The lowest BCUT2D eigenvalue weighted by Gasteiger charge is -2.07. The molecule has 6 nitrogen and oxygen atoms in total. The number of ether oxygens (including phenoxy) is 1. The molecule has 2 aromatic rings. The van der Waals surface area contributed by atoms with E-state index in [9.17, 15) is 14.7 Å². The van der Waals surface area contributed by atoms with Gasteiger partial charge in [-0.2, -0.15) is 0 Å². The first-order valence-corrected chi connectivity index (χ1v) is 5.21. The standard InChI is InChI=1S/C12H10O6/c1-2-17-12-9(13)8-6(10(14)15)4-3-5-7(8)11(16)18-12/h3-5,13H,2H2,1H3,(H,14,15). The van der Waals surface area contributed by atoms with Crippen LogP contribution in [0.1, 0.15) is 17.3 Å². The van der Waals surface area contributed by atoms with Crippen molar-refractivity contribution >= 4 is 16.7 Å². The first kappa shape index (κ1) is 12.0. The van der Waals surface area contributed by atoms with Gasteiger partial charge in [0.2, 0.25) is 5.75 Å². The second kappa shape index (κ2) is 4.40. The topological polar surface area (TPSA) is 97.0 Å². The molecule has 18 heavy (non-hydrogen) atoms. The highest BCUT2D eigenvalue weighted by molar-refractivity contribution is 6.06. The van der Waals surface area contributed by atoms with Crippen molar-refractivity contribution in [2.45, 2.75) is 6.92 Å². The second-order valence-corrected chi connectivity index (χ2v) is 3.49. The first-order valence-electron chi connectivity index (χ1n) is 5.21. The molecule has 0 radical (unpaired) electrons. The van der Waals surface area contributed by atoms with Gasteiger partial charge < -0.3 is 19.4 Å². The highest BCUT2D eigenvalue weighted by Crippen LogP contribution is 2.34. The summed E-state index contributed by atoms with van der Waals surface area (Å²) in [6.45, 7) is 1.82. The van der Waals surface area contributed by atoms with Gasteiger partial charge in [0.05, 0.1) is 22.9 Å². The fourth-order valence-corrected chi connectivity index (χ4v) is 1.67. The van der Waals surface area contributed by atoms with E-state index in [1.54, 1.807) is 6.92 Å². The summed E-state index contributed by atoms with van der Waals surface area (Å²) in [5.74, 6) is -2.10. The Bertz CT molecular complexity index is 670. The summed E-state index contributed by atoms with van der Waals surface area (Å²) in [5, 5.41) is 18.9. The molecule has 2 N–H and O–H groups in total. The summed E-state index contributed by atoms with van der Waals surface area (Å²) >= 11 is 0. The zero-order chi connectivity index (χ0) is 13.3. The van der Waals surface area contributed by atoms with Gasteiger partial charge >= 0.3 is 17.5 Å². The predicted molar refractivity (Wildman–Crippen MR) is 62.3 cm³/mol. The Morgan fingerprint density at radius 1 is 1.44 bits per heavy atom. The molecule has 1 aromatic carbocycles. The molecule has 1 aromatic heterocycles. The maximum Gasteiger partial charge on any atom is 0.346 e. The minimum Gasteiger partial charge on any atom is -0.501 e. The first-order chi connectivity index (χ1) is 8.56. The third-order valence-corrected chi connectivity index (χ3v) is 2.41. The molecule has 94 valence electrons. The Hall–Kier alpha value is -2.50. The van der Waals surface area contributed by atoms with E-state index in [2.05, 4.69) is 0 Å². The van der Waals surface area contributed by atoms with Crippen LogP contribution in [-0.2, 0) is 0 Å². The number of carbonyl (C=O) groups is 1. The minimum atomic E-state index is -1.25. The molecule has 0 fully saturated rings. The average Bonchev–Trinajstić information content (AvgIpc) is 2.35. The van der Waals surface area contributed by atoms with E-state index in [1.807, 2.05) is 0 Å². The van der Waals surface area contributed by atoms with E-state index in [1.165, 1.54) is 18.2 Å². The lowest BCUT2D eigenvalue weighted by atomic mass is 10.1. The summed E-state index contributed by atoms with van der Waals surface area (Å²) in [4.78, 5) is 22.7. The van der Waals surface area contributed by atoms with Crippen molar-refractivity contribution in [3.63, 3.8) is 0 Å². The third kappa shape index (κ3) is 1.77. The molecule has 0 saturated carbocycles. The SMILES string of the molecule is CCOc1oc(=O)c2cccc(C(=O)O)c2c1O. The van der Waals surface area contributed by atoms with E-state index >= 15 is 0 Å². The fraction of sp³-hybridized carbons (Fsp3) is 0.167. The highest BCUT2D eigenvalue weighted by Gasteiger charge is 2.19. The summed E-state index contributed by atoms with van der Waals surface area (Å²) in [6, 6.07) is 4.07. The summed E-state index contributed by atoms with van der Waals surface area (Å²) in [6.07, 6.45) is 0. The highest BCUT2D eigenvalue weighted by atomic mass is 16.6. The zero-order valence-corrected chi connectivity index (χ0v) is 9.47. The van der Waals surface area contributed by atoms with Crippen LogP contribution in [0.2, 0.25) is 0 Å². The molecule has 0 spiro atoms. The summed E-state index contributed by atoms with van der Waals surface area (Å²) < 4.78 is 9.73. The number of hydrogen-bond donors (Lipinski definition) is 2. The molecule has 0 amide bonds. The Morgan fingerprint density at radius 3 is 2.78 bits per heavy atom. The van der Waals surface area contributed by atoms with Crippen molar-refractivity contribution < 1.29 is 24.2 Å². The Kier molecular flexibility index (Phi) is 2.93.